The van der Waals surface area contributed by atoms with Gasteiger partial charge in [0.25, 0.3) is 0 Å². The average molecular weight is 200 g/mol. The quantitative estimate of drug-likeness (QED) is 0.683. The molecule has 0 radical (unpaired) electrons. The Hall–Kier alpha value is -0.870. The number of ether oxygens (including phenoxy) is 2. The molecule has 1 atom stereocenters. The van der Waals surface area contributed by atoms with Crippen molar-refractivity contribution in [3.8, 4) is 0 Å². The molecule has 1 aliphatic carbocycles. The van der Waals surface area contributed by atoms with Crippen LogP contribution in [-0.2, 0) is 14.3 Å². The molecule has 0 amide bonds. The van der Waals surface area contributed by atoms with Gasteiger partial charge in [0.15, 0.2) is 12.6 Å². The smallest absolute Gasteiger partial charge is 0.188 e. The van der Waals surface area contributed by atoms with E-state index in [1.54, 1.807) is 6.92 Å². The number of ketones is 1. The Morgan fingerprint density at radius 2 is 2.36 bits per heavy atom. The lowest BCUT2D eigenvalue weighted by molar-refractivity contribution is -0.127. The summed E-state index contributed by atoms with van der Waals surface area (Å²) >= 11 is 0. The zero-order valence-corrected chi connectivity index (χ0v) is 8.58. The van der Waals surface area contributed by atoms with Crippen LogP contribution in [-0.4, -0.2) is 31.4 Å². The number of aliphatic hydroxyl groups is 1. The van der Waals surface area contributed by atoms with Gasteiger partial charge in [0.2, 0.25) is 0 Å². The molecular formula is C10H16O4. The van der Waals surface area contributed by atoms with Crippen molar-refractivity contribution in [1.29, 1.82) is 0 Å². The maximum Gasteiger partial charge on any atom is 0.188 e. The number of hydrogen-bond acceptors (Lipinski definition) is 4. The van der Waals surface area contributed by atoms with Crippen LogP contribution in [0.3, 0.4) is 0 Å². The van der Waals surface area contributed by atoms with Crippen molar-refractivity contribution in [3.63, 3.8) is 0 Å². The highest BCUT2D eigenvalue weighted by Crippen LogP contribution is 2.31. The van der Waals surface area contributed by atoms with Gasteiger partial charge in [-0.1, -0.05) is 6.92 Å². The normalized spacial score (nSPS) is 27.4. The van der Waals surface area contributed by atoms with Gasteiger partial charge in [-0.25, -0.2) is 0 Å². The molecule has 0 aliphatic heterocycles. The molecule has 80 valence electrons. The third kappa shape index (κ3) is 2.33. The second kappa shape index (κ2) is 4.57. The molecule has 0 fully saturated rings. The first-order chi connectivity index (χ1) is 6.62. The summed E-state index contributed by atoms with van der Waals surface area (Å²) in [7, 11) is 1.53. The zero-order valence-electron chi connectivity index (χ0n) is 8.58. The van der Waals surface area contributed by atoms with E-state index in [4.69, 9.17) is 14.6 Å². The summed E-state index contributed by atoms with van der Waals surface area (Å²) in [5.74, 6) is 0.570. The van der Waals surface area contributed by atoms with Crippen LogP contribution in [0, 0.1) is 5.41 Å². The fraction of sp³-hybridized carbons (Fsp3) is 0.700. The molecule has 1 rings (SSSR count). The summed E-state index contributed by atoms with van der Waals surface area (Å²) in [4.78, 5) is 11.6. The van der Waals surface area contributed by atoms with Crippen LogP contribution < -0.4 is 0 Å². The maximum absolute atomic E-state index is 11.6. The van der Waals surface area contributed by atoms with Gasteiger partial charge in [-0.3, -0.25) is 4.79 Å². The highest BCUT2D eigenvalue weighted by molar-refractivity contribution is 5.95. The molecule has 1 N–H and O–H groups in total. The molecule has 4 nitrogen and oxygen atoms in total. The van der Waals surface area contributed by atoms with E-state index in [1.165, 1.54) is 13.2 Å². The average Bonchev–Trinajstić information content (AvgIpc) is 2.20. The Balaban J connectivity index is 2.61. The zero-order chi connectivity index (χ0) is 10.6. The van der Waals surface area contributed by atoms with Crippen LogP contribution >= 0.6 is 0 Å². The van der Waals surface area contributed by atoms with Crippen LogP contribution in [0.25, 0.3) is 0 Å². The standard InChI is InChI=1S/C10H16O4/c1-10(6-11)4-3-8(5-9(10)12)14-7-13-2/h5,11H,3-4,6-7H2,1-2H3/t10-/m0/s1. The van der Waals surface area contributed by atoms with Gasteiger partial charge in [-0.05, 0) is 6.42 Å². The summed E-state index contributed by atoms with van der Waals surface area (Å²) in [6.45, 7) is 1.81. The van der Waals surface area contributed by atoms with Crippen LogP contribution in [0.5, 0.6) is 0 Å². The third-order valence-electron chi connectivity index (χ3n) is 2.52. The first-order valence-electron chi connectivity index (χ1n) is 4.60. The van der Waals surface area contributed by atoms with Gasteiger partial charge in [-0.2, -0.15) is 0 Å². The van der Waals surface area contributed by atoms with Crippen LogP contribution in [0.2, 0.25) is 0 Å². The number of rotatable bonds is 4. The fourth-order valence-electron chi connectivity index (χ4n) is 1.32. The highest BCUT2D eigenvalue weighted by atomic mass is 16.7. The van der Waals surface area contributed by atoms with E-state index in [0.717, 1.165) is 0 Å². The van der Waals surface area contributed by atoms with Crippen molar-refractivity contribution in [2.24, 2.45) is 5.41 Å². The van der Waals surface area contributed by atoms with E-state index in [-0.39, 0.29) is 19.2 Å². The molecule has 0 spiro atoms. The van der Waals surface area contributed by atoms with E-state index in [1.807, 2.05) is 0 Å². The van der Waals surface area contributed by atoms with Gasteiger partial charge in [0, 0.05) is 19.6 Å². The van der Waals surface area contributed by atoms with Crippen molar-refractivity contribution in [3.05, 3.63) is 11.8 Å². The first-order valence-corrected chi connectivity index (χ1v) is 4.60. The van der Waals surface area contributed by atoms with E-state index in [9.17, 15) is 4.79 Å². The highest BCUT2D eigenvalue weighted by Gasteiger charge is 2.34. The van der Waals surface area contributed by atoms with Crippen molar-refractivity contribution < 1.29 is 19.4 Å². The topological polar surface area (TPSA) is 55.8 Å². The molecule has 0 aromatic carbocycles. The lowest BCUT2D eigenvalue weighted by Crippen LogP contribution is -2.33. The molecule has 14 heavy (non-hydrogen) atoms. The minimum Gasteiger partial charge on any atom is -0.472 e. The third-order valence-corrected chi connectivity index (χ3v) is 2.52. The number of aliphatic hydroxyl groups excluding tert-OH is 1. The minimum atomic E-state index is -0.625. The fourth-order valence-corrected chi connectivity index (χ4v) is 1.32. The maximum atomic E-state index is 11.6. The lowest BCUT2D eigenvalue weighted by atomic mass is 9.78. The molecule has 0 aromatic heterocycles. The SMILES string of the molecule is COCOC1=CC(=O)[C@](C)(CO)CC1. The van der Waals surface area contributed by atoms with E-state index in [2.05, 4.69) is 0 Å². The second-order valence-corrected chi connectivity index (χ2v) is 3.74. The Kier molecular flexibility index (Phi) is 3.66. The minimum absolute atomic E-state index is 0.0719. The van der Waals surface area contributed by atoms with Crippen molar-refractivity contribution in [2.75, 3.05) is 20.5 Å². The molecule has 0 saturated carbocycles. The van der Waals surface area contributed by atoms with E-state index < -0.39 is 5.41 Å². The monoisotopic (exact) mass is 200 g/mol. The van der Waals surface area contributed by atoms with Crippen molar-refractivity contribution >= 4 is 5.78 Å². The first kappa shape index (κ1) is 11.2. The Labute approximate surface area is 83.5 Å². The molecule has 0 aromatic rings. The summed E-state index contributed by atoms with van der Waals surface area (Å²) in [5.41, 5.74) is -0.625. The number of hydrogen-bond donors (Lipinski definition) is 1. The molecule has 0 unspecified atom stereocenters. The van der Waals surface area contributed by atoms with Crippen molar-refractivity contribution in [2.45, 2.75) is 19.8 Å². The molecule has 0 heterocycles. The number of carbonyl (C=O) groups excluding carboxylic acids is 1. The van der Waals surface area contributed by atoms with Gasteiger partial charge >= 0.3 is 0 Å². The largest absolute Gasteiger partial charge is 0.472 e. The molecule has 4 heteroatoms. The summed E-state index contributed by atoms with van der Waals surface area (Å²) in [6.07, 6.45) is 2.75. The summed E-state index contributed by atoms with van der Waals surface area (Å²) in [6, 6.07) is 0. The summed E-state index contributed by atoms with van der Waals surface area (Å²) < 4.78 is 9.91. The molecular weight excluding hydrogens is 184 g/mol. The van der Waals surface area contributed by atoms with Crippen LogP contribution in [0.4, 0.5) is 0 Å². The van der Waals surface area contributed by atoms with Gasteiger partial charge in [0.1, 0.15) is 5.76 Å². The number of carbonyl (C=O) groups is 1. The second-order valence-electron chi connectivity index (χ2n) is 3.74. The summed E-state index contributed by atoms with van der Waals surface area (Å²) in [5, 5.41) is 9.07. The van der Waals surface area contributed by atoms with Gasteiger partial charge in [0.05, 0.1) is 12.0 Å². The Bertz CT molecular complexity index is 247. The molecule has 1 aliphatic rings. The Morgan fingerprint density at radius 1 is 1.64 bits per heavy atom. The lowest BCUT2D eigenvalue weighted by Gasteiger charge is -2.28. The number of methoxy groups -OCH3 is 1. The van der Waals surface area contributed by atoms with Crippen LogP contribution in [0.1, 0.15) is 19.8 Å². The Morgan fingerprint density at radius 3 is 2.86 bits per heavy atom. The number of allylic oxidation sites excluding steroid dienone is 2. The van der Waals surface area contributed by atoms with Crippen LogP contribution in [0.15, 0.2) is 11.8 Å². The molecule has 0 saturated heterocycles. The predicted octanol–water partition coefficient (Wildman–Crippen LogP) is 0.852. The molecule has 0 bridgehead atoms. The van der Waals surface area contributed by atoms with Gasteiger partial charge < -0.3 is 14.6 Å². The van der Waals surface area contributed by atoms with Crippen molar-refractivity contribution in [1.82, 2.24) is 0 Å². The van der Waals surface area contributed by atoms with E-state index >= 15 is 0 Å². The predicted molar refractivity (Wildman–Crippen MR) is 50.5 cm³/mol. The van der Waals surface area contributed by atoms with E-state index in [0.29, 0.717) is 18.6 Å². The van der Waals surface area contributed by atoms with Gasteiger partial charge in [-0.15, -0.1) is 0 Å².